The molecule has 0 aliphatic carbocycles. The Morgan fingerprint density at radius 3 is 2.67 bits per heavy atom. The van der Waals surface area contributed by atoms with E-state index >= 15 is 0 Å². The van der Waals surface area contributed by atoms with E-state index in [2.05, 4.69) is 4.98 Å². The Balaban J connectivity index is 2.75. The van der Waals surface area contributed by atoms with E-state index in [9.17, 15) is 4.79 Å². The number of hydrogen-bond donors (Lipinski definition) is 1. The number of nitrogens with one attached hydrogen (secondary N) is 1. The molecule has 3 heteroatoms. The van der Waals surface area contributed by atoms with E-state index in [1.165, 1.54) is 0 Å². The van der Waals surface area contributed by atoms with Crippen LogP contribution in [0.4, 0.5) is 0 Å². The molecule has 0 saturated carbocycles. The van der Waals surface area contributed by atoms with Gasteiger partial charge in [-0.25, -0.2) is 0 Å². The van der Waals surface area contributed by atoms with Crippen LogP contribution >= 0.6 is 0 Å². The van der Waals surface area contributed by atoms with Crippen molar-refractivity contribution in [3.63, 3.8) is 0 Å². The summed E-state index contributed by atoms with van der Waals surface area (Å²) in [4.78, 5) is 13.9. The Bertz CT molecular complexity index is 289. The lowest BCUT2D eigenvalue weighted by Gasteiger charge is -1.99. The van der Waals surface area contributed by atoms with Crippen LogP contribution in [0.15, 0.2) is 6.07 Å². The largest absolute Gasteiger partial charge is 0.409 e. The van der Waals surface area contributed by atoms with E-state index in [1.54, 1.807) is 6.92 Å². The minimum atomic E-state index is -0.208. The molecule has 0 aromatic carbocycles. The second kappa shape index (κ2) is 3.43. The molecule has 12 heavy (non-hydrogen) atoms. The third kappa shape index (κ3) is 1.87. The summed E-state index contributed by atoms with van der Waals surface area (Å²) in [7, 11) is 0. The summed E-state index contributed by atoms with van der Waals surface area (Å²) in [6.45, 7) is 5.60. The molecule has 0 saturated heterocycles. The van der Waals surface area contributed by atoms with E-state index in [0.717, 1.165) is 11.3 Å². The van der Waals surface area contributed by atoms with Crippen molar-refractivity contribution >= 4 is 5.97 Å². The number of ether oxygens (including phenoxy) is 1. The zero-order valence-electron chi connectivity index (χ0n) is 7.60. The van der Waals surface area contributed by atoms with Crippen molar-refractivity contribution in [3.05, 3.63) is 17.3 Å². The highest BCUT2D eigenvalue weighted by Gasteiger charge is 2.06. The smallest absolute Gasteiger partial charge is 0.312 e. The monoisotopic (exact) mass is 167 g/mol. The quantitative estimate of drug-likeness (QED) is 0.684. The summed E-state index contributed by atoms with van der Waals surface area (Å²) in [5.41, 5.74) is 1.97. The van der Waals surface area contributed by atoms with Gasteiger partial charge in [0, 0.05) is 17.7 Å². The highest BCUT2D eigenvalue weighted by atomic mass is 16.5. The number of aromatic amines is 1. The van der Waals surface area contributed by atoms with Crippen molar-refractivity contribution in [2.24, 2.45) is 0 Å². The molecule has 0 unspecified atom stereocenters. The molecule has 1 aromatic rings. The summed E-state index contributed by atoms with van der Waals surface area (Å²) < 4.78 is 5.02. The SMILES string of the molecule is CCC(=O)Oc1[nH]c(C)cc1C. The van der Waals surface area contributed by atoms with Gasteiger partial charge in [0.15, 0.2) is 0 Å². The van der Waals surface area contributed by atoms with Crippen molar-refractivity contribution in [1.29, 1.82) is 0 Å². The molecule has 0 fully saturated rings. The van der Waals surface area contributed by atoms with Crippen LogP contribution < -0.4 is 4.74 Å². The average Bonchev–Trinajstić information content (AvgIpc) is 2.30. The zero-order chi connectivity index (χ0) is 9.14. The van der Waals surface area contributed by atoms with Crippen molar-refractivity contribution in [2.75, 3.05) is 0 Å². The first-order valence-electron chi connectivity index (χ1n) is 4.00. The van der Waals surface area contributed by atoms with Gasteiger partial charge in [-0.15, -0.1) is 0 Å². The first kappa shape index (κ1) is 8.84. The van der Waals surface area contributed by atoms with Crippen LogP contribution in [0.1, 0.15) is 24.6 Å². The standard InChI is InChI=1S/C9H13NO2/c1-4-8(11)12-9-6(2)5-7(3)10-9/h5,10H,4H2,1-3H3. The van der Waals surface area contributed by atoms with Gasteiger partial charge >= 0.3 is 5.97 Å². The number of hydrogen-bond acceptors (Lipinski definition) is 2. The molecule has 66 valence electrons. The molecule has 0 bridgehead atoms. The molecular formula is C9H13NO2. The van der Waals surface area contributed by atoms with Gasteiger partial charge in [0.2, 0.25) is 5.88 Å². The predicted molar refractivity (Wildman–Crippen MR) is 46.2 cm³/mol. The topological polar surface area (TPSA) is 42.1 Å². The van der Waals surface area contributed by atoms with Gasteiger partial charge in [0.05, 0.1) is 0 Å². The van der Waals surface area contributed by atoms with E-state index in [4.69, 9.17) is 4.74 Å². The van der Waals surface area contributed by atoms with Crippen LogP contribution in [0.5, 0.6) is 5.88 Å². The van der Waals surface area contributed by atoms with Crippen LogP contribution in [0.2, 0.25) is 0 Å². The zero-order valence-corrected chi connectivity index (χ0v) is 7.60. The highest BCUT2D eigenvalue weighted by molar-refractivity contribution is 5.71. The third-order valence-electron chi connectivity index (χ3n) is 1.61. The van der Waals surface area contributed by atoms with Crippen molar-refractivity contribution < 1.29 is 9.53 Å². The van der Waals surface area contributed by atoms with Crippen molar-refractivity contribution in [2.45, 2.75) is 27.2 Å². The van der Waals surface area contributed by atoms with Gasteiger partial charge < -0.3 is 9.72 Å². The number of esters is 1. The average molecular weight is 167 g/mol. The molecule has 1 aromatic heterocycles. The number of carbonyl (C=O) groups is 1. The first-order valence-corrected chi connectivity index (χ1v) is 4.00. The molecule has 0 atom stereocenters. The van der Waals surface area contributed by atoms with Crippen LogP contribution in [0.25, 0.3) is 0 Å². The van der Waals surface area contributed by atoms with Crippen molar-refractivity contribution in [1.82, 2.24) is 4.98 Å². The molecule has 1 heterocycles. The van der Waals surface area contributed by atoms with Crippen LogP contribution in [0.3, 0.4) is 0 Å². The maximum atomic E-state index is 10.9. The molecule has 0 aliphatic rings. The second-order valence-electron chi connectivity index (χ2n) is 2.79. The molecule has 3 nitrogen and oxygen atoms in total. The predicted octanol–water partition coefficient (Wildman–Crippen LogP) is 1.95. The Labute approximate surface area is 71.7 Å². The minimum absolute atomic E-state index is 0.208. The number of aryl methyl sites for hydroxylation is 2. The summed E-state index contributed by atoms with van der Waals surface area (Å²) >= 11 is 0. The maximum Gasteiger partial charge on any atom is 0.312 e. The normalized spacial score (nSPS) is 9.92. The minimum Gasteiger partial charge on any atom is -0.409 e. The van der Waals surface area contributed by atoms with Gasteiger partial charge in [0.25, 0.3) is 0 Å². The summed E-state index contributed by atoms with van der Waals surface area (Å²) in [6, 6.07) is 1.94. The number of rotatable bonds is 2. The third-order valence-corrected chi connectivity index (χ3v) is 1.61. The lowest BCUT2D eigenvalue weighted by atomic mass is 10.3. The molecule has 0 spiro atoms. The fourth-order valence-corrected chi connectivity index (χ4v) is 0.996. The van der Waals surface area contributed by atoms with E-state index < -0.39 is 0 Å². The van der Waals surface area contributed by atoms with Gasteiger partial charge in [-0.1, -0.05) is 6.92 Å². The number of H-pyrrole nitrogens is 1. The maximum absolute atomic E-state index is 10.9. The summed E-state index contributed by atoms with van der Waals surface area (Å²) in [6.07, 6.45) is 0.400. The number of aromatic nitrogens is 1. The first-order chi connectivity index (χ1) is 5.63. The van der Waals surface area contributed by atoms with E-state index in [-0.39, 0.29) is 5.97 Å². The van der Waals surface area contributed by atoms with Gasteiger partial charge in [-0.05, 0) is 19.9 Å². The highest BCUT2D eigenvalue weighted by Crippen LogP contribution is 2.17. The Morgan fingerprint density at radius 1 is 1.58 bits per heavy atom. The second-order valence-corrected chi connectivity index (χ2v) is 2.79. The fraction of sp³-hybridized carbons (Fsp3) is 0.444. The molecule has 1 rings (SSSR count). The van der Waals surface area contributed by atoms with Crippen LogP contribution in [0, 0.1) is 13.8 Å². The summed E-state index contributed by atoms with van der Waals surface area (Å²) in [5, 5.41) is 0. The van der Waals surface area contributed by atoms with Gasteiger partial charge in [0.1, 0.15) is 0 Å². The van der Waals surface area contributed by atoms with Gasteiger partial charge in [-0.2, -0.15) is 0 Å². The number of carbonyl (C=O) groups excluding carboxylic acids is 1. The molecule has 0 aliphatic heterocycles. The van der Waals surface area contributed by atoms with E-state index in [0.29, 0.717) is 12.3 Å². The Hall–Kier alpha value is -1.25. The summed E-state index contributed by atoms with van der Waals surface area (Å²) in [5.74, 6) is 0.360. The molecule has 0 amide bonds. The molecule has 0 radical (unpaired) electrons. The molecular weight excluding hydrogens is 154 g/mol. The lowest BCUT2D eigenvalue weighted by molar-refractivity contribution is -0.134. The van der Waals surface area contributed by atoms with Crippen LogP contribution in [-0.4, -0.2) is 11.0 Å². The lowest BCUT2D eigenvalue weighted by Crippen LogP contribution is -2.06. The molecule has 1 N–H and O–H groups in total. The van der Waals surface area contributed by atoms with E-state index in [1.807, 2.05) is 19.9 Å². The fourth-order valence-electron chi connectivity index (χ4n) is 0.996. The Morgan fingerprint density at radius 2 is 2.25 bits per heavy atom. The van der Waals surface area contributed by atoms with Crippen molar-refractivity contribution in [3.8, 4) is 5.88 Å². The Kier molecular flexibility index (Phi) is 2.53. The van der Waals surface area contributed by atoms with Gasteiger partial charge in [-0.3, -0.25) is 4.79 Å². The van der Waals surface area contributed by atoms with Crippen LogP contribution in [-0.2, 0) is 4.79 Å².